The van der Waals surface area contributed by atoms with E-state index in [0.29, 0.717) is 6.61 Å². The maximum absolute atomic E-state index is 5.52. The first-order valence-corrected chi connectivity index (χ1v) is 8.10. The summed E-state index contributed by atoms with van der Waals surface area (Å²) >= 11 is 3.62. The Morgan fingerprint density at radius 1 is 1.00 bits per heavy atom. The van der Waals surface area contributed by atoms with E-state index in [1.807, 2.05) is 6.92 Å². The van der Waals surface area contributed by atoms with Crippen molar-refractivity contribution >= 4 is 15.9 Å². The fourth-order valence-corrected chi connectivity index (χ4v) is 2.84. The quantitative estimate of drug-likeness (QED) is 0.791. The van der Waals surface area contributed by atoms with Gasteiger partial charge in [-0.25, -0.2) is 0 Å². The lowest BCUT2D eigenvalue weighted by atomic mass is 10.1. The second-order valence-electron chi connectivity index (χ2n) is 5.10. The number of benzene rings is 2. The molecule has 0 heterocycles. The number of ether oxygens (including phenoxy) is 1. The minimum Gasteiger partial charge on any atom is -0.377 e. The van der Waals surface area contributed by atoms with Gasteiger partial charge in [-0.3, -0.25) is 0 Å². The van der Waals surface area contributed by atoms with Crippen molar-refractivity contribution in [1.29, 1.82) is 0 Å². The molecule has 0 radical (unpaired) electrons. The van der Waals surface area contributed by atoms with Crippen LogP contribution in [0.3, 0.4) is 0 Å². The number of aryl methyl sites for hydroxylation is 1. The maximum Gasteiger partial charge on any atom is 0.0719 e. The third kappa shape index (κ3) is 4.95. The van der Waals surface area contributed by atoms with Crippen LogP contribution in [-0.4, -0.2) is 6.61 Å². The average molecular weight is 348 g/mol. The summed E-state index contributed by atoms with van der Waals surface area (Å²) in [5.41, 5.74) is 5.11. The molecule has 0 aromatic heterocycles. The molecule has 0 saturated heterocycles. The van der Waals surface area contributed by atoms with Gasteiger partial charge in [0.1, 0.15) is 0 Å². The van der Waals surface area contributed by atoms with Gasteiger partial charge in [0, 0.05) is 24.2 Å². The topological polar surface area (TPSA) is 21.3 Å². The molecule has 0 atom stereocenters. The normalized spacial score (nSPS) is 10.8. The van der Waals surface area contributed by atoms with Crippen LogP contribution in [0.5, 0.6) is 0 Å². The van der Waals surface area contributed by atoms with Crippen molar-refractivity contribution in [2.24, 2.45) is 0 Å². The van der Waals surface area contributed by atoms with Crippen LogP contribution in [0.25, 0.3) is 0 Å². The molecule has 112 valence electrons. The van der Waals surface area contributed by atoms with Gasteiger partial charge in [-0.15, -0.1) is 0 Å². The van der Waals surface area contributed by atoms with Gasteiger partial charge in [-0.1, -0.05) is 52.3 Å². The summed E-state index contributed by atoms with van der Waals surface area (Å²) in [6.07, 6.45) is 0. The van der Waals surface area contributed by atoms with E-state index in [1.165, 1.54) is 22.3 Å². The molecule has 0 aliphatic rings. The van der Waals surface area contributed by atoms with E-state index < -0.39 is 0 Å². The number of halogens is 1. The van der Waals surface area contributed by atoms with Gasteiger partial charge in [0.2, 0.25) is 0 Å². The highest BCUT2D eigenvalue weighted by Gasteiger charge is 2.03. The molecule has 2 rings (SSSR count). The molecule has 2 aromatic carbocycles. The standard InChI is InChI=1S/C18H22BrNO/c1-3-21-13-17-7-5-4-6-15(17)11-20-12-16-9-8-14(2)10-18(16)19/h4-10,20H,3,11-13H2,1-2H3. The Labute approximate surface area is 135 Å². The zero-order chi connectivity index (χ0) is 15.1. The molecule has 0 spiro atoms. The van der Waals surface area contributed by atoms with Crippen molar-refractivity contribution in [2.75, 3.05) is 6.61 Å². The molecule has 0 saturated carbocycles. The molecule has 0 fully saturated rings. The van der Waals surface area contributed by atoms with Crippen LogP contribution in [-0.2, 0) is 24.4 Å². The largest absolute Gasteiger partial charge is 0.377 e. The fraction of sp³-hybridized carbons (Fsp3) is 0.333. The molecule has 0 bridgehead atoms. The Bertz CT molecular complexity index is 583. The molecule has 21 heavy (non-hydrogen) atoms. The first-order chi connectivity index (χ1) is 10.2. The minimum absolute atomic E-state index is 0.683. The average Bonchev–Trinajstić information content (AvgIpc) is 2.48. The molecule has 0 unspecified atom stereocenters. The monoisotopic (exact) mass is 347 g/mol. The lowest BCUT2D eigenvalue weighted by Crippen LogP contribution is -2.14. The van der Waals surface area contributed by atoms with Crippen LogP contribution in [0.2, 0.25) is 0 Å². The molecular weight excluding hydrogens is 326 g/mol. The summed E-state index contributed by atoms with van der Waals surface area (Å²) < 4.78 is 6.69. The van der Waals surface area contributed by atoms with E-state index in [1.54, 1.807) is 0 Å². The highest BCUT2D eigenvalue weighted by molar-refractivity contribution is 9.10. The van der Waals surface area contributed by atoms with Gasteiger partial charge in [-0.05, 0) is 42.2 Å². The van der Waals surface area contributed by atoms with E-state index in [-0.39, 0.29) is 0 Å². The SMILES string of the molecule is CCOCc1ccccc1CNCc1ccc(C)cc1Br. The third-order valence-corrected chi connectivity index (χ3v) is 4.16. The van der Waals surface area contributed by atoms with Gasteiger partial charge < -0.3 is 10.1 Å². The van der Waals surface area contributed by atoms with Crippen LogP contribution in [0, 0.1) is 6.92 Å². The number of hydrogen-bond donors (Lipinski definition) is 1. The van der Waals surface area contributed by atoms with Crippen LogP contribution >= 0.6 is 15.9 Å². The summed E-state index contributed by atoms with van der Waals surface area (Å²) in [6.45, 7) is 7.26. The summed E-state index contributed by atoms with van der Waals surface area (Å²) in [5.74, 6) is 0. The van der Waals surface area contributed by atoms with Gasteiger partial charge >= 0.3 is 0 Å². The van der Waals surface area contributed by atoms with Crippen molar-refractivity contribution in [1.82, 2.24) is 5.32 Å². The predicted octanol–water partition coefficient (Wildman–Crippen LogP) is 4.58. The predicted molar refractivity (Wildman–Crippen MR) is 91.2 cm³/mol. The molecule has 3 heteroatoms. The van der Waals surface area contributed by atoms with E-state index in [4.69, 9.17) is 4.74 Å². The zero-order valence-electron chi connectivity index (χ0n) is 12.7. The zero-order valence-corrected chi connectivity index (χ0v) is 14.2. The Balaban J connectivity index is 1.94. The van der Waals surface area contributed by atoms with Gasteiger partial charge in [0.05, 0.1) is 6.61 Å². The fourth-order valence-electron chi connectivity index (χ4n) is 2.21. The number of rotatable bonds is 7. The molecule has 0 aliphatic heterocycles. The van der Waals surface area contributed by atoms with Gasteiger partial charge in [0.15, 0.2) is 0 Å². The van der Waals surface area contributed by atoms with E-state index in [0.717, 1.165) is 24.2 Å². The van der Waals surface area contributed by atoms with Gasteiger partial charge in [-0.2, -0.15) is 0 Å². The third-order valence-electron chi connectivity index (χ3n) is 3.42. The molecule has 2 nitrogen and oxygen atoms in total. The smallest absolute Gasteiger partial charge is 0.0719 e. The minimum atomic E-state index is 0.683. The Kier molecular flexibility index (Phi) is 6.43. The molecular formula is C18H22BrNO. The maximum atomic E-state index is 5.52. The summed E-state index contributed by atoms with van der Waals surface area (Å²) in [7, 11) is 0. The van der Waals surface area contributed by atoms with Crippen molar-refractivity contribution in [3.63, 3.8) is 0 Å². The number of hydrogen-bond acceptors (Lipinski definition) is 2. The van der Waals surface area contributed by atoms with E-state index in [2.05, 4.69) is 70.6 Å². The van der Waals surface area contributed by atoms with Crippen LogP contribution in [0.15, 0.2) is 46.9 Å². The first kappa shape index (κ1) is 16.2. The Morgan fingerprint density at radius 3 is 2.43 bits per heavy atom. The van der Waals surface area contributed by atoms with Gasteiger partial charge in [0.25, 0.3) is 0 Å². The first-order valence-electron chi connectivity index (χ1n) is 7.31. The van der Waals surface area contributed by atoms with Crippen LogP contribution < -0.4 is 5.32 Å². The van der Waals surface area contributed by atoms with Crippen molar-refractivity contribution in [3.05, 3.63) is 69.2 Å². The number of nitrogens with one attached hydrogen (secondary N) is 1. The second-order valence-corrected chi connectivity index (χ2v) is 5.96. The Morgan fingerprint density at radius 2 is 1.71 bits per heavy atom. The molecule has 1 N–H and O–H groups in total. The summed E-state index contributed by atoms with van der Waals surface area (Å²) in [6, 6.07) is 14.9. The van der Waals surface area contributed by atoms with Crippen molar-refractivity contribution in [2.45, 2.75) is 33.5 Å². The Hall–Kier alpha value is -1.16. The molecule has 2 aromatic rings. The van der Waals surface area contributed by atoms with E-state index >= 15 is 0 Å². The lowest BCUT2D eigenvalue weighted by Gasteiger charge is -2.11. The highest BCUT2D eigenvalue weighted by Crippen LogP contribution is 2.18. The summed E-state index contributed by atoms with van der Waals surface area (Å²) in [5, 5.41) is 3.51. The lowest BCUT2D eigenvalue weighted by molar-refractivity contribution is 0.133. The molecule has 0 aliphatic carbocycles. The van der Waals surface area contributed by atoms with E-state index in [9.17, 15) is 0 Å². The second kappa shape index (κ2) is 8.32. The van der Waals surface area contributed by atoms with Crippen molar-refractivity contribution < 1.29 is 4.74 Å². The van der Waals surface area contributed by atoms with Crippen LogP contribution in [0.1, 0.15) is 29.2 Å². The molecule has 0 amide bonds. The van der Waals surface area contributed by atoms with Crippen molar-refractivity contribution in [3.8, 4) is 0 Å². The van der Waals surface area contributed by atoms with Crippen LogP contribution in [0.4, 0.5) is 0 Å². The highest BCUT2D eigenvalue weighted by atomic mass is 79.9. The summed E-state index contributed by atoms with van der Waals surface area (Å²) in [4.78, 5) is 0.